The van der Waals surface area contributed by atoms with Crippen LogP contribution in [0.4, 0.5) is 0 Å². The Labute approximate surface area is 106 Å². The van der Waals surface area contributed by atoms with Crippen LogP contribution >= 0.6 is 0 Å². The lowest BCUT2D eigenvalue weighted by atomic mass is 10.1. The minimum absolute atomic E-state index is 0.638. The molecule has 1 N–H and O–H groups in total. The smallest absolute Gasteiger partial charge is 0.0480 e. The molecule has 1 saturated heterocycles. The van der Waals surface area contributed by atoms with E-state index in [0.29, 0.717) is 6.04 Å². The van der Waals surface area contributed by atoms with Crippen molar-refractivity contribution < 1.29 is 4.74 Å². The first-order chi connectivity index (χ1) is 8.27. The van der Waals surface area contributed by atoms with Gasteiger partial charge in [0, 0.05) is 37.9 Å². The third-order valence-electron chi connectivity index (χ3n) is 4.52. The van der Waals surface area contributed by atoms with Crippen LogP contribution in [0.2, 0.25) is 0 Å². The van der Waals surface area contributed by atoms with Crippen LogP contribution in [-0.4, -0.2) is 49.8 Å². The molecule has 2 aliphatic rings. The number of nitrogens with zero attached hydrogens (tertiary/aromatic N) is 1. The van der Waals surface area contributed by atoms with Gasteiger partial charge in [0.05, 0.1) is 0 Å². The van der Waals surface area contributed by atoms with E-state index in [0.717, 1.165) is 31.8 Å². The highest BCUT2D eigenvalue weighted by Gasteiger charge is 2.23. The summed E-state index contributed by atoms with van der Waals surface area (Å²) in [6.07, 6.45) is 8.00. The summed E-state index contributed by atoms with van der Waals surface area (Å²) in [5.41, 5.74) is 0. The maximum Gasteiger partial charge on any atom is 0.0480 e. The first-order valence-electron chi connectivity index (χ1n) is 7.30. The van der Waals surface area contributed by atoms with E-state index in [1.54, 1.807) is 0 Å². The third kappa shape index (κ3) is 3.94. The molecule has 2 fully saturated rings. The molecule has 100 valence electrons. The maximum atomic E-state index is 5.43. The maximum absolute atomic E-state index is 5.43. The summed E-state index contributed by atoms with van der Waals surface area (Å²) in [6.45, 7) is 5.37. The summed E-state index contributed by atoms with van der Waals surface area (Å²) in [5.74, 6) is 0. The highest BCUT2D eigenvalue weighted by molar-refractivity contribution is 4.80. The first kappa shape index (κ1) is 13.3. The van der Waals surface area contributed by atoms with E-state index in [4.69, 9.17) is 4.74 Å². The summed E-state index contributed by atoms with van der Waals surface area (Å²) in [7, 11) is 2.27. The standard InChI is InChI=1S/C14H28N2O/c1-12(11-15-13-5-3-4-6-13)16(2)14-7-9-17-10-8-14/h12-15H,3-11H2,1-2H3. The second kappa shape index (κ2) is 6.72. The number of rotatable bonds is 5. The van der Waals surface area contributed by atoms with Crippen molar-refractivity contribution in [3.63, 3.8) is 0 Å². The van der Waals surface area contributed by atoms with Crippen LogP contribution in [0.25, 0.3) is 0 Å². The normalized spacial score (nSPS) is 25.6. The van der Waals surface area contributed by atoms with Crippen molar-refractivity contribution in [2.45, 2.75) is 63.6 Å². The second-order valence-corrected chi connectivity index (χ2v) is 5.75. The van der Waals surface area contributed by atoms with E-state index in [2.05, 4.69) is 24.2 Å². The Balaban J connectivity index is 1.68. The molecule has 0 aromatic carbocycles. The fourth-order valence-corrected chi connectivity index (χ4v) is 3.06. The molecule has 2 rings (SSSR count). The number of hydrogen-bond donors (Lipinski definition) is 1. The topological polar surface area (TPSA) is 24.5 Å². The lowest BCUT2D eigenvalue weighted by molar-refractivity contribution is 0.0308. The van der Waals surface area contributed by atoms with Gasteiger partial charge in [-0.25, -0.2) is 0 Å². The predicted molar refractivity (Wildman–Crippen MR) is 71.3 cm³/mol. The van der Waals surface area contributed by atoms with Crippen LogP contribution < -0.4 is 5.32 Å². The van der Waals surface area contributed by atoms with Crippen molar-refractivity contribution >= 4 is 0 Å². The molecule has 1 saturated carbocycles. The van der Waals surface area contributed by atoms with Crippen molar-refractivity contribution in [3.05, 3.63) is 0 Å². The third-order valence-corrected chi connectivity index (χ3v) is 4.52. The second-order valence-electron chi connectivity index (χ2n) is 5.75. The van der Waals surface area contributed by atoms with E-state index in [1.807, 2.05) is 0 Å². The van der Waals surface area contributed by atoms with E-state index >= 15 is 0 Å². The van der Waals surface area contributed by atoms with Gasteiger partial charge in [-0.2, -0.15) is 0 Å². The lowest BCUT2D eigenvalue weighted by Crippen LogP contribution is -2.47. The zero-order chi connectivity index (χ0) is 12.1. The van der Waals surface area contributed by atoms with Gasteiger partial charge in [-0.05, 0) is 39.7 Å². The Hall–Kier alpha value is -0.120. The Morgan fingerprint density at radius 3 is 2.47 bits per heavy atom. The van der Waals surface area contributed by atoms with Crippen molar-refractivity contribution in [3.8, 4) is 0 Å². The van der Waals surface area contributed by atoms with Gasteiger partial charge in [0.15, 0.2) is 0 Å². The Kier molecular flexibility index (Phi) is 5.26. The molecule has 0 aromatic rings. The van der Waals surface area contributed by atoms with Crippen LogP contribution in [0.5, 0.6) is 0 Å². The van der Waals surface area contributed by atoms with E-state index in [9.17, 15) is 0 Å². The SMILES string of the molecule is CC(CNC1CCCC1)N(C)C1CCOCC1. The fraction of sp³-hybridized carbons (Fsp3) is 1.00. The lowest BCUT2D eigenvalue weighted by Gasteiger charge is -2.36. The van der Waals surface area contributed by atoms with Gasteiger partial charge in [-0.1, -0.05) is 12.8 Å². The Morgan fingerprint density at radius 1 is 1.18 bits per heavy atom. The van der Waals surface area contributed by atoms with Gasteiger partial charge in [0.2, 0.25) is 0 Å². The molecular formula is C14H28N2O. The number of hydrogen-bond acceptors (Lipinski definition) is 3. The minimum Gasteiger partial charge on any atom is -0.381 e. The average molecular weight is 240 g/mol. The molecule has 0 bridgehead atoms. The molecule has 1 aliphatic carbocycles. The first-order valence-corrected chi connectivity index (χ1v) is 7.30. The molecule has 0 spiro atoms. The van der Waals surface area contributed by atoms with Crippen LogP contribution in [0.3, 0.4) is 0 Å². The summed E-state index contributed by atoms with van der Waals surface area (Å²) in [4.78, 5) is 2.55. The summed E-state index contributed by atoms with van der Waals surface area (Å²) in [5, 5.41) is 3.73. The summed E-state index contributed by atoms with van der Waals surface area (Å²) < 4.78 is 5.43. The number of nitrogens with one attached hydrogen (secondary N) is 1. The summed E-state index contributed by atoms with van der Waals surface area (Å²) in [6, 6.07) is 2.16. The Morgan fingerprint density at radius 2 is 1.82 bits per heavy atom. The molecule has 1 heterocycles. The van der Waals surface area contributed by atoms with Gasteiger partial charge in [0.25, 0.3) is 0 Å². The summed E-state index contributed by atoms with van der Waals surface area (Å²) >= 11 is 0. The van der Waals surface area contributed by atoms with Gasteiger partial charge in [-0.15, -0.1) is 0 Å². The number of likely N-dealkylation sites (N-methyl/N-ethyl adjacent to an activating group) is 1. The predicted octanol–water partition coefficient (Wildman–Crippen LogP) is 2.02. The molecular weight excluding hydrogens is 212 g/mol. The largest absolute Gasteiger partial charge is 0.381 e. The molecule has 0 aromatic heterocycles. The van der Waals surface area contributed by atoms with E-state index in [-0.39, 0.29) is 0 Å². The average Bonchev–Trinajstić information content (AvgIpc) is 2.89. The van der Waals surface area contributed by atoms with Crippen molar-refractivity contribution in [2.75, 3.05) is 26.8 Å². The zero-order valence-electron chi connectivity index (χ0n) is 11.5. The molecule has 0 radical (unpaired) electrons. The van der Waals surface area contributed by atoms with Crippen LogP contribution in [0.15, 0.2) is 0 Å². The molecule has 3 heteroatoms. The highest BCUT2D eigenvalue weighted by Crippen LogP contribution is 2.18. The van der Waals surface area contributed by atoms with Gasteiger partial charge < -0.3 is 10.1 Å². The van der Waals surface area contributed by atoms with E-state index in [1.165, 1.54) is 38.5 Å². The van der Waals surface area contributed by atoms with Gasteiger partial charge in [0.1, 0.15) is 0 Å². The fourth-order valence-electron chi connectivity index (χ4n) is 3.06. The number of ether oxygens (including phenoxy) is 1. The van der Waals surface area contributed by atoms with Crippen molar-refractivity contribution in [2.24, 2.45) is 0 Å². The molecule has 3 nitrogen and oxygen atoms in total. The quantitative estimate of drug-likeness (QED) is 0.795. The molecule has 0 amide bonds. The molecule has 17 heavy (non-hydrogen) atoms. The molecule has 1 unspecified atom stereocenters. The monoisotopic (exact) mass is 240 g/mol. The minimum atomic E-state index is 0.638. The zero-order valence-corrected chi connectivity index (χ0v) is 11.5. The molecule has 1 atom stereocenters. The van der Waals surface area contributed by atoms with Crippen molar-refractivity contribution in [1.82, 2.24) is 10.2 Å². The Bertz CT molecular complexity index is 210. The van der Waals surface area contributed by atoms with E-state index < -0.39 is 0 Å². The highest BCUT2D eigenvalue weighted by atomic mass is 16.5. The van der Waals surface area contributed by atoms with Gasteiger partial charge in [-0.3, -0.25) is 4.90 Å². The van der Waals surface area contributed by atoms with Crippen LogP contribution in [0.1, 0.15) is 45.4 Å². The van der Waals surface area contributed by atoms with Gasteiger partial charge >= 0.3 is 0 Å². The van der Waals surface area contributed by atoms with Crippen LogP contribution in [-0.2, 0) is 4.74 Å². The molecule has 1 aliphatic heterocycles. The van der Waals surface area contributed by atoms with Crippen LogP contribution in [0, 0.1) is 0 Å². The van der Waals surface area contributed by atoms with Crippen molar-refractivity contribution in [1.29, 1.82) is 0 Å².